The summed E-state index contributed by atoms with van der Waals surface area (Å²) in [5, 5.41) is 4.04. The molecule has 2 nitrogen and oxygen atoms in total. The molecule has 0 radical (unpaired) electrons. The summed E-state index contributed by atoms with van der Waals surface area (Å²) in [4.78, 5) is 1.41. The lowest BCUT2D eigenvalue weighted by atomic mass is 9.75. The Bertz CT molecular complexity index is 458. The molecule has 1 spiro atoms. The van der Waals surface area contributed by atoms with Crippen LogP contribution in [0.2, 0.25) is 0 Å². The third kappa shape index (κ3) is 3.05. The summed E-state index contributed by atoms with van der Waals surface area (Å²) in [6, 6.07) is 9.41. The molecule has 1 aliphatic heterocycles. The minimum atomic E-state index is 0.256. The van der Waals surface area contributed by atoms with E-state index in [1.54, 1.807) is 0 Å². The van der Waals surface area contributed by atoms with Crippen LogP contribution in [0.4, 0.5) is 0 Å². The topological polar surface area (TPSA) is 21.3 Å². The summed E-state index contributed by atoms with van der Waals surface area (Å²) in [5.74, 6) is 0. The van der Waals surface area contributed by atoms with Gasteiger partial charge in [0, 0.05) is 22.8 Å². The van der Waals surface area contributed by atoms with E-state index < -0.39 is 0 Å². The van der Waals surface area contributed by atoms with Gasteiger partial charge in [0.2, 0.25) is 0 Å². The van der Waals surface area contributed by atoms with Crippen LogP contribution in [-0.4, -0.2) is 24.5 Å². The number of hydrogen-bond acceptors (Lipinski definition) is 3. The zero-order chi connectivity index (χ0) is 14.0. The van der Waals surface area contributed by atoms with Crippen molar-refractivity contribution in [2.24, 2.45) is 0 Å². The molecule has 1 aromatic rings. The Morgan fingerprint density at radius 1 is 1.40 bits per heavy atom. The first-order valence-electron chi connectivity index (χ1n) is 7.79. The minimum absolute atomic E-state index is 0.256. The molecule has 0 aromatic heterocycles. The number of hydrogen-bond donors (Lipinski definition) is 1. The largest absolute Gasteiger partial charge is 0.375 e. The van der Waals surface area contributed by atoms with Crippen LogP contribution in [0, 0.1) is 0 Å². The molecular formula is C17H25NOS. The molecule has 1 saturated carbocycles. The zero-order valence-corrected chi connectivity index (χ0v) is 13.3. The highest BCUT2D eigenvalue weighted by atomic mass is 32.2. The Balaban J connectivity index is 1.65. The van der Waals surface area contributed by atoms with Crippen LogP contribution in [-0.2, 0) is 4.74 Å². The van der Waals surface area contributed by atoms with Gasteiger partial charge in [-0.25, -0.2) is 0 Å². The fourth-order valence-corrected chi connectivity index (χ4v) is 4.57. The van der Waals surface area contributed by atoms with E-state index in [1.165, 1.54) is 42.6 Å². The van der Waals surface area contributed by atoms with E-state index in [-0.39, 0.29) is 5.60 Å². The lowest BCUT2D eigenvalue weighted by molar-refractivity contribution is -0.125. The molecule has 3 heteroatoms. The van der Waals surface area contributed by atoms with Gasteiger partial charge in [-0.1, -0.05) is 12.1 Å². The van der Waals surface area contributed by atoms with Crippen LogP contribution in [0.1, 0.15) is 50.6 Å². The SMILES string of the molecule is CNC(C)c1cccc(SC2CCOC3(CCC3)C2)c1. The Morgan fingerprint density at radius 2 is 2.25 bits per heavy atom. The first-order chi connectivity index (χ1) is 9.71. The van der Waals surface area contributed by atoms with Gasteiger partial charge in [-0.2, -0.15) is 0 Å². The summed E-state index contributed by atoms with van der Waals surface area (Å²) in [6.07, 6.45) is 6.34. The Hall–Kier alpha value is -0.510. The molecule has 0 amide bonds. The van der Waals surface area contributed by atoms with E-state index in [4.69, 9.17) is 4.74 Å². The molecular weight excluding hydrogens is 266 g/mol. The molecule has 20 heavy (non-hydrogen) atoms. The molecule has 2 aliphatic rings. The van der Waals surface area contributed by atoms with Gasteiger partial charge in [-0.05, 0) is 63.8 Å². The molecule has 3 rings (SSSR count). The number of rotatable bonds is 4. The fraction of sp³-hybridized carbons (Fsp3) is 0.647. The van der Waals surface area contributed by atoms with Crippen molar-refractivity contribution >= 4 is 11.8 Å². The van der Waals surface area contributed by atoms with Crippen LogP contribution < -0.4 is 5.32 Å². The van der Waals surface area contributed by atoms with Crippen LogP contribution >= 0.6 is 11.8 Å². The van der Waals surface area contributed by atoms with Gasteiger partial charge >= 0.3 is 0 Å². The lowest BCUT2D eigenvalue weighted by Crippen LogP contribution is -2.46. The fourth-order valence-electron chi connectivity index (χ4n) is 3.22. The average Bonchev–Trinajstić information content (AvgIpc) is 2.45. The van der Waals surface area contributed by atoms with Gasteiger partial charge in [0.1, 0.15) is 0 Å². The number of ether oxygens (including phenoxy) is 1. The summed E-state index contributed by atoms with van der Waals surface area (Å²) in [7, 11) is 2.02. The van der Waals surface area contributed by atoms with Crippen molar-refractivity contribution in [3.63, 3.8) is 0 Å². The molecule has 2 atom stereocenters. The number of nitrogens with one attached hydrogen (secondary N) is 1. The van der Waals surface area contributed by atoms with Gasteiger partial charge in [0.05, 0.1) is 5.60 Å². The molecule has 110 valence electrons. The normalized spacial score (nSPS) is 26.2. The monoisotopic (exact) mass is 291 g/mol. The van der Waals surface area contributed by atoms with Crippen molar-refractivity contribution in [3.05, 3.63) is 29.8 Å². The molecule has 1 N–H and O–H groups in total. The summed E-state index contributed by atoms with van der Waals surface area (Å²) in [6.45, 7) is 3.16. The maximum Gasteiger partial charge on any atom is 0.0693 e. The van der Waals surface area contributed by atoms with Crippen LogP contribution in [0.25, 0.3) is 0 Å². The maximum absolute atomic E-state index is 6.03. The second kappa shape index (κ2) is 6.08. The summed E-state index contributed by atoms with van der Waals surface area (Å²) < 4.78 is 6.03. The summed E-state index contributed by atoms with van der Waals surface area (Å²) >= 11 is 2.05. The van der Waals surface area contributed by atoms with Crippen molar-refractivity contribution in [3.8, 4) is 0 Å². The standard InChI is InChI=1S/C17H25NOS/c1-13(18-2)14-5-3-6-15(11-14)20-16-7-10-19-17(12-16)8-4-9-17/h3,5-6,11,13,16,18H,4,7-10,12H2,1-2H3. The van der Waals surface area contributed by atoms with E-state index in [1.807, 2.05) is 7.05 Å². The quantitative estimate of drug-likeness (QED) is 0.900. The second-order valence-corrected chi connectivity index (χ2v) is 7.57. The highest BCUT2D eigenvalue weighted by molar-refractivity contribution is 8.00. The van der Waals surface area contributed by atoms with Gasteiger partial charge in [-0.3, -0.25) is 0 Å². The van der Waals surface area contributed by atoms with E-state index in [0.29, 0.717) is 6.04 Å². The first-order valence-corrected chi connectivity index (χ1v) is 8.67. The highest BCUT2D eigenvalue weighted by Gasteiger charge is 2.42. The highest BCUT2D eigenvalue weighted by Crippen LogP contribution is 2.46. The molecule has 2 unspecified atom stereocenters. The zero-order valence-electron chi connectivity index (χ0n) is 12.5. The van der Waals surface area contributed by atoms with Gasteiger partial charge in [0.25, 0.3) is 0 Å². The van der Waals surface area contributed by atoms with Crippen molar-refractivity contribution in [1.82, 2.24) is 5.32 Å². The lowest BCUT2D eigenvalue weighted by Gasteiger charge is -2.47. The smallest absolute Gasteiger partial charge is 0.0693 e. The minimum Gasteiger partial charge on any atom is -0.375 e. The predicted molar refractivity (Wildman–Crippen MR) is 85.3 cm³/mol. The Morgan fingerprint density at radius 3 is 2.95 bits per heavy atom. The molecule has 1 aliphatic carbocycles. The molecule has 0 bridgehead atoms. The Kier molecular flexibility index (Phi) is 4.39. The first kappa shape index (κ1) is 14.4. The van der Waals surface area contributed by atoms with Crippen molar-refractivity contribution in [2.45, 2.75) is 60.8 Å². The Labute approximate surface area is 126 Å². The van der Waals surface area contributed by atoms with Crippen LogP contribution in [0.5, 0.6) is 0 Å². The van der Waals surface area contributed by atoms with Gasteiger partial charge in [-0.15, -0.1) is 11.8 Å². The van der Waals surface area contributed by atoms with Crippen LogP contribution in [0.3, 0.4) is 0 Å². The van der Waals surface area contributed by atoms with E-state index in [0.717, 1.165) is 11.9 Å². The predicted octanol–water partition coefficient (Wildman–Crippen LogP) is 4.16. The second-order valence-electron chi connectivity index (χ2n) is 6.20. The third-order valence-electron chi connectivity index (χ3n) is 4.81. The third-order valence-corrected chi connectivity index (χ3v) is 6.07. The number of thioether (sulfide) groups is 1. The van der Waals surface area contributed by atoms with E-state index in [2.05, 4.69) is 48.3 Å². The van der Waals surface area contributed by atoms with Crippen molar-refractivity contribution in [1.29, 1.82) is 0 Å². The van der Waals surface area contributed by atoms with Gasteiger partial charge in [0.15, 0.2) is 0 Å². The van der Waals surface area contributed by atoms with E-state index in [9.17, 15) is 0 Å². The van der Waals surface area contributed by atoms with Gasteiger partial charge < -0.3 is 10.1 Å². The number of benzene rings is 1. The molecule has 1 aromatic carbocycles. The van der Waals surface area contributed by atoms with Crippen molar-refractivity contribution < 1.29 is 4.74 Å². The maximum atomic E-state index is 6.03. The molecule has 2 fully saturated rings. The van der Waals surface area contributed by atoms with Crippen LogP contribution in [0.15, 0.2) is 29.2 Å². The molecule has 1 heterocycles. The van der Waals surface area contributed by atoms with E-state index >= 15 is 0 Å². The van der Waals surface area contributed by atoms with Crippen molar-refractivity contribution in [2.75, 3.05) is 13.7 Å². The molecule has 1 saturated heterocycles. The summed E-state index contributed by atoms with van der Waals surface area (Å²) in [5.41, 5.74) is 1.63. The average molecular weight is 291 g/mol.